The van der Waals surface area contributed by atoms with E-state index in [4.69, 9.17) is 14.2 Å². The van der Waals surface area contributed by atoms with E-state index in [9.17, 15) is 9.59 Å². The van der Waals surface area contributed by atoms with Crippen molar-refractivity contribution in [2.75, 3.05) is 11.9 Å². The Hall–Kier alpha value is -4.66. The van der Waals surface area contributed by atoms with Crippen LogP contribution < -0.4 is 10.1 Å². The summed E-state index contributed by atoms with van der Waals surface area (Å²) in [5, 5.41) is 9.91. The van der Waals surface area contributed by atoms with Crippen LogP contribution >= 0.6 is 0 Å². The second kappa shape index (κ2) is 12.7. The third-order valence-electron chi connectivity index (χ3n) is 6.10. The van der Waals surface area contributed by atoms with Gasteiger partial charge in [0.1, 0.15) is 29.5 Å². The number of rotatable bonds is 9. The lowest BCUT2D eigenvalue weighted by atomic mass is 9.99. The maximum absolute atomic E-state index is 12.8. The minimum Gasteiger partial charge on any atom is -0.489 e. The number of amides is 1. The Morgan fingerprint density at radius 1 is 0.976 bits per heavy atom. The molecule has 0 saturated heterocycles. The molecule has 4 aromatic rings. The lowest BCUT2D eigenvalue weighted by Gasteiger charge is -2.19. The summed E-state index contributed by atoms with van der Waals surface area (Å²) >= 11 is 0. The molecular formula is C32H36N4O5. The molecule has 2 N–H and O–H groups in total. The number of anilines is 1. The van der Waals surface area contributed by atoms with Crippen LogP contribution in [0.3, 0.4) is 0 Å². The van der Waals surface area contributed by atoms with Gasteiger partial charge in [-0.2, -0.15) is 5.10 Å². The first kappa shape index (κ1) is 29.3. The quantitative estimate of drug-likeness (QED) is 0.207. The van der Waals surface area contributed by atoms with Crippen molar-refractivity contribution in [1.29, 1.82) is 0 Å². The molecule has 0 unspecified atom stereocenters. The summed E-state index contributed by atoms with van der Waals surface area (Å²) in [6.45, 7) is 12.1. The number of pyridine rings is 1. The zero-order valence-corrected chi connectivity index (χ0v) is 24.3. The third kappa shape index (κ3) is 7.72. The van der Waals surface area contributed by atoms with Crippen LogP contribution in [-0.2, 0) is 16.1 Å². The van der Waals surface area contributed by atoms with Gasteiger partial charge in [-0.05, 0) is 74.6 Å². The van der Waals surface area contributed by atoms with Gasteiger partial charge in [0.2, 0.25) is 0 Å². The van der Waals surface area contributed by atoms with Crippen molar-refractivity contribution in [3.8, 4) is 28.1 Å². The van der Waals surface area contributed by atoms with Gasteiger partial charge in [0, 0.05) is 17.3 Å². The molecule has 1 amide bonds. The van der Waals surface area contributed by atoms with Gasteiger partial charge in [-0.25, -0.2) is 14.6 Å². The number of hydrogen-bond donors (Lipinski definition) is 2. The fraction of sp³-hybridized carbons (Fsp3) is 0.312. The van der Waals surface area contributed by atoms with Crippen molar-refractivity contribution in [1.82, 2.24) is 15.2 Å². The summed E-state index contributed by atoms with van der Waals surface area (Å²) in [5.41, 5.74) is 4.37. The zero-order valence-electron chi connectivity index (χ0n) is 24.3. The van der Waals surface area contributed by atoms with Gasteiger partial charge in [-0.3, -0.25) is 10.4 Å². The number of hydrogen-bond acceptors (Lipinski definition) is 7. The first-order valence-corrected chi connectivity index (χ1v) is 13.6. The Morgan fingerprint density at radius 2 is 1.68 bits per heavy atom. The fourth-order valence-electron chi connectivity index (χ4n) is 4.12. The third-order valence-corrected chi connectivity index (χ3v) is 6.10. The van der Waals surface area contributed by atoms with Gasteiger partial charge in [0.15, 0.2) is 5.69 Å². The molecule has 0 spiro atoms. The minimum absolute atomic E-state index is 0.219. The van der Waals surface area contributed by atoms with Crippen LogP contribution in [0.25, 0.3) is 22.4 Å². The Bertz CT molecular complexity index is 1490. The number of aromatic nitrogens is 3. The van der Waals surface area contributed by atoms with Crippen LogP contribution in [0, 0.1) is 0 Å². The molecule has 2 heterocycles. The molecule has 2 aromatic heterocycles. The smallest absolute Gasteiger partial charge is 0.413 e. The summed E-state index contributed by atoms with van der Waals surface area (Å²) in [4.78, 5) is 29.3. The zero-order chi connectivity index (χ0) is 29.6. The van der Waals surface area contributed by atoms with E-state index in [1.807, 2.05) is 24.3 Å². The average molecular weight is 557 g/mol. The predicted octanol–water partition coefficient (Wildman–Crippen LogP) is 7.36. The van der Waals surface area contributed by atoms with E-state index >= 15 is 0 Å². The van der Waals surface area contributed by atoms with E-state index in [0.29, 0.717) is 35.1 Å². The van der Waals surface area contributed by atoms with Crippen molar-refractivity contribution in [3.63, 3.8) is 0 Å². The van der Waals surface area contributed by atoms with Gasteiger partial charge in [-0.15, -0.1) is 0 Å². The van der Waals surface area contributed by atoms with Gasteiger partial charge < -0.3 is 14.2 Å². The molecule has 0 aliphatic heterocycles. The monoisotopic (exact) mass is 556 g/mol. The largest absolute Gasteiger partial charge is 0.489 e. The Kier molecular flexibility index (Phi) is 9.07. The lowest BCUT2D eigenvalue weighted by molar-refractivity contribution is 0.0519. The number of carbonyl (C=O) groups is 2. The molecule has 214 valence electrons. The van der Waals surface area contributed by atoms with Gasteiger partial charge >= 0.3 is 12.1 Å². The molecule has 0 aliphatic carbocycles. The van der Waals surface area contributed by atoms with E-state index in [0.717, 1.165) is 11.1 Å². The predicted molar refractivity (Wildman–Crippen MR) is 158 cm³/mol. The second-order valence-corrected chi connectivity index (χ2v) is 10.8. The van der Waals surface area contributed by atoms with Crippen LogP contribution in [0.1, 0.15) is 69.1 Å². The maximum atomic E-state index is 12.8. The van der Waals surface area contributed by atoms with E-state index in [2.05, 4.69) is 58.6 Å². The van der Waals surface area contributed by atoms with E-state index in [1.165, 1.54) is 5.56 Å². The van der Waals surface area contributed by atoms with E-state index in [1.54, 1.807) is 46.0 Å². The molecule has 0 bridgehead atoms. The molecule has 41 heavy (non-hydrogen) atoms. The maximum Gasteiger partial charge on any atom is 0.413 e. The molecule has 0 aliphatic rings. The number of carbonyl (C=O) groups excluding carboxylic acids is 2. The summed E-state index contributed by atoms with van der Waals surface area (Å²) in [6, 6.07) is 19.3. The highest BCUT2D eigenvalue weighted by Crippen LogP contribution is 2.35. The molecule has 9 nitrogen and oxygen atoms in total. The van der Waals surface area contributed by atoms with Crippen molar-refractivity contribution in [2.24, 2.45) is 0 Å². The molecule has 0 saturated carbocycles. The first-order chi connectivity index (χ1) is 19.5. The van der Waals surface area contributed by atoms with Crippen LogP contribution in [0.5, 0.6) is 5.75 Å². The standard InChI is InChI=1S/C32H36N4O5/c1-7-39-30(37)29-27(23-12-14-25(15-13-23)40-19-21-8-10-22(11-9-21)20(2)3)28(35-36-29)24-16-17-33-26(18-24)34-31(38)41-32(4,5)6/h8-18,20H,7,19H2,1-6H3,(H,35,36)(H,33,34,38). The van der Waals surface area contributed by atoms with E-state index < -0.39 is 17.7 Å². The number of esters is 1. The van der Waals surface area contributed by atoms with Gasteiger partial charge in [0.25, 0.3) is 0 Å². The normalized spacial score (nSPS) is 11.3. The molecule has 0 atom stereocenters. The minimum atomic E-state index is -0.653. The Morgan fingerprint density at radius 3 is 2.32 bits per heavy atom. The lowest BCUT2D eigenvalue weighted by Crippen LogP contribution is -2.27. The van der Waals surface area contributed by atoms with Crippen LogP contribution in [0.2, 0.25) is 0 Å². The Balaban J connectivity index is 1.59. The van der Waals surface area contributed by atoms with Crippen LogP contribution in [0.4, 0.5) is 10.6 Å². The molecule has 9 heteroatoms. The summed E-state index contributed by atoms with van der Waals surface area (Å²) in [6.07, 6.45) is 0.929. The highest BCUT2D eigenvalue weighted by Gasteiger charge is 2.24. The first-order valence-electron chi connectivity index (χ1n) is 13.6. The number of H-pyrrole nitrogens is 1. The number of nitrogens with one attached hydrogen (secondary N) is 2. The van der Waals surface area contributed by atoms with Crippen molar-refractivity contribution >= 4 is 17.9 Å². The highest BCUT2D eigenvalue weighted by molar-refractivity contribution is 6.00. The Labute approximate surface area is 240 Å². The summed E-state index contributed by atoms with van der Waals surface area (Å²) in [7, 11) is 0. The van der Waals surface area contributed by atoms with Crippen molar-refractivity contribution in [3.05, 3.63) is 83.7 Å². The summed E-state index contributed by atoms with van der Waals surface area (Å²) in [5.74, 6) is 0.933. The van der Waals surface area contributed by atoms with Gasteiger partial charge in [-0.1, -0.05) is 50.2 Å². The number of benzene rings is 2. The van der Waals surface area contributed by atoms with E-state index in [-0.39, 0.29) is 18.1 Å². The summed E-state index contributed by atoms with van der Waals surface area (Å²) < 4.78 is 16.6. The molecule has 0 radical (unpaired) electrons. The number of ether oxygens (including phenoxy) is 3. The van der Waals surface area contributed by atoms with Crippen LogP contribution in [0.15, 0.2) is 66.9 Å². The number of nitrogens with zero attached hydrogens (tertiary/aromatic N) is 2. The number of aromatic amines is 1. The average Bonchev–Trinajstić information content (AvgIpc) is 3.37. The van der Waals surface area contributed by atoms with Crippen LogP contribution in [-0.4, -0.2) is 39.5 Å². The highest BCUT2D eigenvalue weighted by atomic mass is 16.6. The second-order valence-electron chi connectivity index (χ2n) is 10.8. The SMILES string of the molecule is CCOC(=O)c1[nH]nc(-c2ccnc(NC(=O)OC(C)(C)C)c2)c1-c1ccc(OCc2ccc(C(C)C)cc2)cc1. The van der Waals surface area contributed by atoms with Gasteiger partial charge in [0.05, 0.1) is 6.61 Å². The molecule has 2 aromatic carbocycles. The molecule has 0 fully saturated rings. The molecule has 4 rings (SSSR count). The topological polar surface area (TPSA) is 115 Å². The van der Waals surface area contributed by atoms with Crippen molar-refractivity contribution < 1.29 is 23.8 Å². The molecular weight excluding hydrogens is 520 g/mol. The van der Waals surface area contributed by atoms with Crippen molar-refractivity contribution in [2.45, 2.75) is 59.7 Å². The fourth-order valence-corrected chi connectivity index (χ4v) is 4.12.